The number of sulfonamides is 1. The highest BCUT2D eigenvalue weighted by atomic mass is 32.2. The van der Waals surface area contributed by atoms with Crippen molar-refractivity contribution in [3.8, 4) is 0 Å². The van der Waals surface area contributed by atoms with Crippen molar-refractivity contribution < 1.29 is 18.0 Å². The van der Waals surface area contributed by atoms with Gasteiger partial charge in [0.2, 0.25) is 0 Å². The van der Waals surface area contributed by atoms with E-state index >= 15 is 0 Å². The second-order valence-electron chi connectivity index (χ2n) is 4.93. The van der Waals surface area contributed by atoms with E-state index < -0.39 is 21.5 Å². The summed E-state index contributed by atoms with van der Waals surface area (Å²) in [6.07, 6.45) is 0. The summed E-state index contributed by atoms with van der Waals surface area (Å²) in [5, 5.41) is 1.67. The molecule has 1 amide bonds. The van der Waals surface area contributed by atoms with Gasteiger partial charge in [-0.3, -0.25) is 9.63 Å². The second-order valence-corrected chi connectivity index (χ2v) is 8.15. The minimum absolute atomic E-state index is 0.208. The Balaban J connectivity index is 2.60. The zero-order valence-corrected chi connectivity index (χ0v) is 13.0. The lowest BCUT2D eigenvalue weighted by Crippen LogP contribution is -2.41. The fourth-order valence-electron chi connectivity index (χ4n) is 1.09. The van der Waals surface area contributed by atoms with Gasteiger partial charge in [0.1, 0.15) is 4.21 Å². The first kappa shape index (κ1) is 16.1. The predicted molar refractivity (Wildman–Crippen MR) is 73.1 cm³/mol. The van der Waals surface area contributed by atoms with E-state index in [1.165, 1.54) is 13.1 Å². The minimum atomic E-state index is -3.61. The summed E-state index contributed by atoms with van der Waals surface area (Å²) in [4.78, 5) is 16.7. The van der Waals surface area contributed by atoms with Gasteiger partial charge in [-0.25, -0.2) is 13.9 Å². The molecule has 0 aliphatic heterocycles. The van der Waals surface area contributed by atoms with Gasteiger partial charge in [0.05, 0.1) is 12.1 Å². The van der Waals surface area contributed by atoms with Crippen LogP contribution < -0.4 is 5.48 Å². The molecule has 0 aliphatic carbocycles. The molecule has 0 aliphatic rings. The standard InChI is InChI=1S/C11H18N2O4S2/c1-11(2,3)17-12-9(14)8-13(4)19(15,16)10-6-5-7-18-10/h5-7H,8H2,1-4H3,(H,12,14). The zero-order chi connectivity index (χ0) is 14.7. The number of amides is 1. The Kier molecular flexibility index (Phi) is 5.08. The third kappa shape index (κ3) is 4.90. The van der Waals surface area contributed by atoms with Crippen LogP contribution in [0.2, 0.25) is 0 Å². The van der Waals surface area contributed by atoms with Crippen LogP contribution in [0.15, 0.2) is 21.7 Å². The van der Waals surface area contributed by atoms with E-state index in [4.69, 9.17) is 4.84 Å². The third-order valence-electron chi connectivity index (χ3n) is 2.00. The van der Waals surface area contributed by atoms with Crippen molar-refractivity contribution in [2.45, 2.75) is 30.6 Å². The fourth-order valence-corrected chi connectivity index (χ4v) is 3.42. The molecule has 0 aromatic carbocycles. The predicted octanol–water partition coefficient (Wildman–Crippen LogP) is 1.21. The van der Waals surface area contributed by atoms with Gasteiger partial charge in [-0.1, -0.05) is 6.07 Å². The van der Waals surface area contributed by atoms with E-state index in [9.17, 15) is 13.2 Å². The van der Waals surface area contributed by atoms with Crippen molar-refractivity contribution in [1.29, 1.82) is 0 Å². The van der Waals surface area contributed by atoms with Crippen molar-refractivity contribution in [1.82, 2.24) is 9.79 Å². The SMILES string of the molecule is CN(CC(=O)NOC(C)(C)C)S(=O)(=O)c1cccs1. The molecule has 0 radical (unpaired) electrons. The van der Waals surface area contributed by atoms with Crippen molar-refractivity contribution in [3.63, 3.8) is 0 Å². The summed E-state index contributed by atoms with van der Waals surface area (Å²) in [6, 6.07) is 3.15. The van der Waals surface area contributed by atoms with Gasteiger partial charge in [-0.05, 0) is 32.2 Å². The molecule has 0 atom stereocenters. The maximum absolute atomic E-state index is 12.0. The number of hydroxylamine groups is 1. The van der Waals surface area contributed by atoms with E-state index in [-0.39, 0.29) is 10.8 Å². The highest BCUT2D eigenvalue weighted by Crippen LogP contribution is 2.19. The summed E-state index contributed by atoms with van der Waals surface area (Å²) in [5.74, 6) is -0.516. The van der Waals surface area contributed by atoms with Crippen LogP contribution in [0, 0.1) is 0 Å². The molecule has 1 aromatic rings. The Morgan fingerprint density at radius 3 is 2.58 bits per heavy atom. The normalized spacial score (nSPS) is 12.7. The molecule has 0 fully saturated rings. The maximum Gasteiger partial charge on any atom is 0.258 e. The molecule has 1 heterocycles. The summed E-state index contributed by atoms with van der Waals surface area (Å²) < 4.78 is 25.3. The molecule has 0 bridgehead atoms. The first-order valence-electron chi connectivity index (χ1n) is 5.59. The van der Waals surface area contributed by atoms with Gasteiger partial charge >= 0.3 is 0 Å². The van der Waals surface area contributed by atoms with Crippen LogP contribution in [0.3, 0.4) is 0 Å². The molecule has 0 saturated carbocycles. The van der Waals surface area contributed by atoms with Gasteiger partial charge in [-0.15, -0.1) is 11.3 Å². The summed E-state index contributed by atoms with van der Waals surface area (Å²) in [5.41, 5.74) is 1.70. The Morgan fingerprint density at radius 2 is 2.11 bits per heavy atom. The lowest BCUT2D eigenvalue weighted by atomic mass is 10.2. The number of carbonyl (C=O) groups excluding carboxylic acids is 1. The number of rotatable bonds is 5. The molecule has 6 nitrogen and oxygen atoms in total. The lowest BCUT2D eigenvalue weighted by molar-refractivity contribution is -0.145. The molecule has 108 valence electrons. The minimum Gasteiger partial charge on any atom is -0.271 e. The van der Waals surface area contributed by atoms with E-state index in [2.05, 4.69) is 5.48 Å². The van der Waals surface area contributed by atoms with Gasteiger partial charge < -0.3 is 0 Å². The Hall–Kier alpha value is -0.960. The van der Waals surface area contributed by atoms with Crippen LogP contribution in [0.1, 0.15) is 20.8 Å². The first-order valence-corrected chi connectivity index (χ1v) is 7.91. The molecule has 19 heavy (non-hydrogen) atoms. The third-order valence-corrected chi connectivity index (χ3v) is 5.17. The van der Waals surface area contributed by atoms with Gasteiger partial charge in [0.25, 0.3) is 15.9 Å². The summed E-state index contributed by atoms with van der Waals surface area (Å²) >= 11 is 1.11. The molecule has 0 unspecified atom stereocenters. The lowest BCUT2D eigenvalue weighted by Gasteiger charge is -2.20. The van der Waals surface area contributed by atoms with Gasteiger partial charge in [-0.2, -0.15) is 4.31 Å². The molecular weight excluding hydrogens is 288 g/mol. The zero-order valence-electron chi connectivity index (χ0n) is 11.3. The van der Waals surface area contributed by atoms with Crippen LogP contribution in [-0.2, 0) is 19.7 Å². The van der Waals surface area contributed by atoms with Crippen molar-refractivity contribution in [2.24, 2.45) is 0 Å². The van der Waals surface area contributed by atoms with Crippen molar-refractivity contribution >= 4 is 27.3 Å². The number of nitrogens with zero attached hydrogens (tertiary/aromatic N) is 1. The van der Waals surface area contributed by atoms with Gasteiger partial charge in [0, 0.05) is 7.05 Å². The van der Waals surface area contributed by atoms with Crippen molar-refractivity contribution in [2.75, 3.05) is 13.6 Å². The van der Waals surface area contributed by atoms with Crippen LogP contribution in [-0.4, -0.2) is 37.8 Å². The average Bonchev–Trinajstić information content (AvgIpc) is 2.79. The van der Waals surface area contributed by atoms with Crippen LogP contribution in [0.25, 0.3) is 0 Å². The molecular formula is C11H18N2O4S2. The molecule has 8 heteroatoms. The number of carbonyl (C=O) groups is 1. The molecule has 0 spiro atoms. The molecule has 1 N–H and O–H groups in total. The quantitative estimate of drug-likeness (QED) is 0.830. The highest BCUT2D eigenvalue weighted by Gasteiger charge is 2.24. The Labute approximate surface area is 117 Å². The van der Waals surface area contributed by atoms with Crippen LogP contribution in [0.5, 0.6) is 0 Å². The Morgan fingerprint density at radius 1 is 1.47 bits per heavy atom. The number of nitrogens with one attached hydrogen (secondary N) is 1. The molecule has 1 rings (SSSR count). The summed E-state index contributed by atoms with van der Waals surface area (Å²) in [7, 11) is -2.26. The number of hydrogen-bond donors (Lipinski definition) is 1. The second kappa shape index (κ2) is 6.00. The van der Waals surface area contributed by atoms with E-state index in [0.29, 0.717) is 0 Å². The number of hydrogen-bond acceptors (Lipinski definition) is 5. The first-order chi connectivity index (χ1) is 8.63. The van der Waals surface area contributed by atoms with Crippen LogP contribution in [0.4, 0.5) is 0 Å². The number of likely N-dealkylation sites (N-methyl/N-ethyl adjacent to an activating group) is 1. The monoisotopic (exact) mass is 306 g/mol. The van der Waals surface area contributed by atoms with E-state index in [0.717, 1.165) is 15.6 Å². The van der Waals surface area contributed by atoms with E-state index in [1.807, 2.05) is 0 Å². The largest absolute Gasteiger partial charge is 0.271 e. The average molecular weight is 306 g/mol. The Bertz CT molecular complexity index is 517. The topological polar surface area (TPSA) is 75.7 Å². The van der Waals surface area contributed by atoms with E-state index in [1.54, 1.807) is 32.2 Å². The fraction of sp³-hybridized carbons (Fsp3) is 0.545. The highest BCUT2D eigenvalue weighted by molar-refractivity contribution is 7.91. The smallest absolute Gasteiger partial charge is 0.258 e. The van der Waals surface area contributed by atoms with Crippen LogP contribution >= 0.6 is 11.3 Å². The molecule has 0 saturated heterocycles. The molecule has 1 aromatic heterocycles. The van der Waals surface area contributed by atoms with Crippen molar-refractivity contribution in [3.05, 3.63) is 17.5 Å². The van der Waals surface area contributed by atoms with Gasteiger partial charge in [0.15, 0.2) is 0 Å². The summed E-state index contributed by atoms with van der Waals surface area (Å²) in [6.45, 7) is 5.04. The number of thiophene rings is 1. The maximum atomic E-state index is 12.0.